The lowest BCUT2D eigenvalue weighted by Gasteiger charge is -2.18. The van der Waals surface area contributed by atoms with E-state index < -0.39 is 149 Å². The molecule has 1 nitrogen and oxygen atoms in total. The lowest BCUT2D eigenvalue weighted by molar-refractivity contribution is 0.669. The van der Waals surface area contributed by atoms with Crippen LogP contribution in [0.5, 0.6) is 0 Å². The minimum Gasteiger partial charge on any atom is -0.456 e. The molecule has 0 spiro atoms. The van der Waals surface area contributed by atoms with Gasteiger partial charge in [-0.2, -0.15) is 0 Å². The Morgan fingerprint density at radius 2 is 0.822 bits per heavy atom. The Labute approximate surface area is 289 Å². The molecule has 1 aromatic heterocycles. The number of fused-ring (bicyclic) bond motifs is 5. The van der Waals surface area contributed by atoms with Crippen LogP contribution in [0.1, 0.15) is 27.4 Å². The van der Waals surface area contributed by atoms with Crippen molar-refractivity contribution in [2.75, 3.05) is 0 Å². The van der Waals surface area contributed by atoms with Crippen molar-refractivity contribution in [3.63, 3.8) is 0 Å². The zero-order chi connectivity index (χ0) is 47.1. The summed E-state index contributed by atoms with van der Waals surface area (Å²) in [5.41, 5.74) is -2.85. The molecule has 9 aromatic rings. The van der Waals surface area contributed by atoms with Crippen LogP contribution in [0, 0.1) is 0 Å². The predicted molar refractivity (Wildman–Crippen MR) is 190 cm³/mol. The highest BCUT2D eigenvalue weighted by molar-refractivity contribution is 6.21. The molecule has 0 aliphatic rings. The molecule has 0 amide bonds. The van der Waals surface area contributed by atoms with Crippen molar-refractivity contribution in [2.45, 2.75) is 0 Å². The van der Waals surface area contributed by atoms with E-state index in [9.17, 15) is 8.22 Å². The van der Waals surface area contributed by atoms with E-state index in [2.05, 4.69) is 0 Å². The summed E-state index contributed by atoms with van der Waals surface area (Å²) in [5.74, 6) is 0. The lowest BCUT2D eigenvalue weighted by Crippen LogP contribution is -1.91. The summed E-state index contributed by atoms with van der Waals surface area (Å²) in [6.07, 6.45) is 0. The maximum atomic E-state index is 9.51. The van der Waals surface area contributed by atoms with Crippen molar-refractivity contribution < 1.29 is 31.8 Å². The molecule has 0 radical (unpaired) electrons. The Morgan fingerprint density at radius 1 is 0.333 bits per heavy atom. The molecule has 1 heteroatoms. The van der Waals surface area contributed by atoms with E-state index in [0.29, 0.717) is 0 Å². The van der Waals surface area contributed by atoms with Gasteiger partial charge in [-0.25, -0.2) is 0 Å². The van der Waals surface area contributed by atoms with Crippen LogP contribution >= 0.6 is 0 Å². The van der Waals surface area contributed by atoms with Gasteiger partial charge in [0.15, 0.2) is 0 Å². The molecule has 0 atom stereocenters. The number of hydrogen-bond donors (Lipinski definition) is 0. The molecule has 0 saturated carbocycles. The van der Waals surface area contributed by atoms with Crippen molar-refractivity contribution in [1.29, 1.82) is 0 Å². The van der Waals surface area contributed by atoms with Crippen LogP contribution in [0.25, 0.3) is 88.0 Å². The minimum atomic E-state index is -0.724. The topological polar surface area (TPSA) is 13.1 Å². The lowest BCUT2D eigenvalue weighted by atomic mass is 9.85. The van der Waals surface area contributed by atoms with Crippen LogP contribution in [-0.2, 0) is 0 Å². The average molecular weight is 593 g/mol. The van der Waals surface area contributed by atoms with E-state index in [1.807, 2.05) is 0 Å². The molecule has 0 unspecified atom stereocenters. The van der Waals surface area contributed by atoms with Gasteiger partial charge in [-0.1, -0.05) is 145 Å². The monoisotopic (exact) mass is 592 g/mol. The smallest absolute Gasteiger partial charge is 0.135 e. The van der Waals surface area contributed by atoms with E-state index in [4.69, 9.17) is 23.6 Å². The Kier molecular flexibility index (Phi) is 2.90. The minimum absolute atomic E-state index is 0.168. The third kappa shape index (κ3) is 4.24. The van der Waals surface area contributed by atoms with Crippen molar-refractivity contribution in [2.24, 2.45) is 0 Å². The van der Waals surface area contributed by atoms with Gasteiger partial charge >= 0.3 is 0 Å². The Balaban J connectivity index is 1.37. The predicted octanol–water partition coefficient (Wildman–Crippen LogP) is 12.6. The van der Waals surface area contributed by atoms with Crippen molar-refractivity contribution >= 4 is 43.5 Å². The van der Waals surface area contributed by atoms with Gasteiger partial charge < -0.3 is 4.42 Å². The fourth-order valence-electron chi connectivity index (χ4n) is 5.63. The normalized spacial score (nSPS) is 17.8. The summed E-state index contributed by atoms with van der Waals surface area (Å²) in [7, 11) is 0. The molecule has 0 aliphatic heterocycles. The maximum absolute atomic E-state index is 9.51. The zero-order valence-electron chi connectivity index (χ0n) is 43.0. The third-order valence-electron chi connectivity index (χ3n) is 7.57. The Morgan fingerprint density at radius 3 is 1.53 bits per heavy atom. The standard InChI is InChI=1S/C44H28O/c1-2-11-29(12-3-1)32-13-10-14-34(27-32)44-38-18-6-4-16-36(38)43(37-17-5-7-19-39(37)44)31-23-21-30(22-24-31)33-25-26-42-40(28-33)35-15-8-9-20-41(35)45-42/h1-28H/i1D,2D,3D,8D,9D,10D,11D,12D,13D,14D,15D,20D,21D,22D,23D,24D,25D,26D,27D,28D. The molecule has 1 heterocycles. The van der Waals surface area contributed by atoms with Gasteiger partial charge in [0.25, 0.3) is 0 Å². The first-order chi connectivity index (χ1) is 30.7. The summed E-state index contributed by atoms with van der Waals surface area (Å²) in [6.45, 7) is 0. The molecular formula is C44H28O. The average Bonchev–Trinajstić information content (AvgIpc) is 3.71. The second-order valence-corrected chi connectivity index (χ2v) is 10.1. The van der Waals surface area contributed by atoms with E-state index in [1.165, 1.54) is 0 Å². The van der Waals surface area contributed by atoms with E-state index in [-0.39, 0.29) is 60.2 Å². The van der Waals surface area contributed by atoms with Gasteiger partial charge in [0.05, 0.1) is 27.4 Å². The quantitative estimate of drug-likeness (QED) is 0.185. The van der Waals surface area contributed by atoms with Crippen LogP contribution < -0.4 is 0 Å². The summed E-state index contributed by atoms with van der Waals surface area (Å²) < 4.78 is 182. The number of para-hydroxylation sites is 1. The second-order valence-electron chi connectivity index (χ2n) is 10.1. The second kappa shape index (κ2) is 10.4. The molecule has 45 heavy (non-hydrogen) atoms. The maximum Gasteiger partial charge on any atom is 0.135 e. The summed E-state index contributed by atoms with van der Waals surface area (Å²) in [4.78, 5) is 0. The fourth-order valence-corrected chi connectivity index (χ4v) is 5.63. The highest BCUT2D eigenvalue weighted by atomic mass is 16.3. The van der Waals surface area contributed by atoms with Crippen molar-refractivity contribution in [1.82, 2.24) is 0 Å². The van der Waals surface area contributed by atoms with Gasteiger partial charge in [0.1, 0.15) is 11.2 Å². The first kappa shape index (κ1) is 12.6. The van der Waals surface area contributed by atoms with Gasteiger partial charge in [-0.05, 0) is 90.2 Å². The molecule has 0 aliphatic carbocycles. The molecule has 210 valence electrons. The summed E-state index contributed by atoms with van der Waals surface area (Å²) >= 11 is 0. The van der Waals surface area contributed by atoms with Crippen LogP contribution in [0.2, 0.25) is 0 Å². The van der Waals surface area contributed by atoms with Gasteiger partial charge in [-0.3, -0.25) is 0 Å². The summed E-state index contributed by atoms with van der Waals surface area (Å²) in [5, 5.41) is 0.624. The largest absolute Gasteiger partial charge is 0.456 e. The molecule has 0 N–H and O–H groups in total. The number of hydrogen-bond acceptors (Lipinski definition) is 1. The first-order valence-electron chi connectivity index (χ1n) is 23.8. The van der Waals surface area contributed by atoms with Gasteiger partial charge in [0.2, 0.25) is 0 Å². The molecule has 0 bridgehead atoms. The van der Waals surface area contributed by atoms with Crippen molar-refractivity contribution in [3.8, 4) is 44.5 Å². The van der Waals surface area contributed by atoms with E-state index in [1.54, 1.807) is 48.5 Å². The molecule has 0 saturated heterocycles. The fraction of sp³-hybridized carbons (Fsp3) is 0. The number of benzene rings is 8. The molecule has 0 fully saturated rings. The van der Waals surface area contributed by atoms with Crippen LogP contribution in [0.4, 0.5) is 0 Å². The van der Waals surface area contributed by atoms with Gasteiger partial charge in [-0.15, -0.1) is 0 Å². The Hall–Kier alpha value is -5.92. The summed E-state index contributed by atoms with van der Waals surface area (Å²) in [6, 6.07) is -0.195. The first-order valence-corrected chi connectivity index (χ1v) is 13.8. The highest BCUT2D eigenvalue weighted by Crippen LogP contribution is 2.44. The molecular weight excluding hydrogens is 544 g/mol. The molecule has 9 rings (SSSR count). The third-order valence-corrected chi connectivity index (χ3v) is 7.57. The molecule has 8 aromatic carbocycles. The van der Waals surface area contributed by atoms with Crippen LogP contribution in [-0.4, -0.2) is 0 Å². The zero-order valence-corrected chi connectivity index (χ0v) is 23.0. The number of rotatable bonds is 4. The van der Waals surface area contributed by atoms with Crippen molar-refractivity contribution in [3.05, 3.63) is 169 Å². The van der Waals surface area contributed by atoms with Crippen LogP contribution in [0.15, 0.2) is 174 Å². The number of furan rings is 1. The highest BCUT2D eigenvalue weighted by Gasteiger charge is 2.17. The van der Waals surface area contributed by atoms with E-state index >= 15 is 0 Å². The van der Waals surface area contributed by atoms with Gasteiger partial charge in [0, 0.05) is 10.8 Å². The van der Waals surface area contributed by atoms with Crippen LogP contribution in [0.3, 0.4) is 0 Å². The van der Waals surface area contributed by atoms with E-state index in [0.717, 1.165) is 0 Å². The SMILES string of the molecule is [2H]c1c([2H])c([2H])c(-c2c([2H])c([2H])c([2H])c(-c3c4ccccc4c(-c4c([2H])c([2H])c(-c5c([2H])c([2H])c6oc7c([2H])c([2H])c([2H])c([2H])c7c6c5[2H])c([2H])c4[2H])c4ccccc34)c2[2H])c([2H])c1[2H]. The Bertz CT molecular complexity index is 3550.